The molecule has 0 fully saturated rings. The van der Waals surface area contributed by atoms with Gasteiger partial charge in [-0.1, -0.05) is 6.92 Å². The highest BCUT2D eigenvalue weighted by Gasteiger charge is 2.09. The van der Waals surface area contributed by atoms with Crippen LogP contribution in [0.2, 0.25) is 0 Å². The summed E-state index contributed by atoms with van der Waals surface area (Å²) in [4.78, 5) is 22.3. The third kappa shape index (κ3) is 2.21. The van der Waals surface area contributed by atoms with Crippen LogP contribution in [0.15, 0.2) is 17.8 Å². The number of imidazole rings is 1. The first kappa shape index (κ1) is 9.85. The Morgan fingerprint density at radius 3 is 3.13 bits per heavy atom. The van der Waals surface area contributed by atoms with Crippen LogP contribution in [0.4, 0.5) is 5.13 Å². The van der Waals surface area contributed by atoms with Crippen molar-refractivity contribution < 1.29 is 4.79 Å². The number of aryl methyl sites for hydroxylation is 1. The standard InChI is InChI=1S/C9H10N4OS/c1-2-6-5-15-9(12-6)13-8(14)7-10-3-4-11-7/h3-5H,2H2,1H3,(H,10,11)(H,12,13,14). The van der Waals surface area contributed by atoms with Gasteiger partial charge in [0.25, 0.3) is 5.91 Å². The molecule has 2 aromatic rings. The van der Waals surface area contributed by atoms with Gasteiger partial charge < -0.3 is 4.98 Å². The van der Waals surface area contributed by atoms with Gasteiger partial charge in [0.15, 0.2) is 11.0 Å². The van der Waals surface area contributed by atoms with E-state index in [1.165, 1.54) is 17.5 Å². The first-order chi connectivity index (χ1) is 7.29. The second-order valence-electron chi connectivity index (χ2n) is 2.89. The minimum absolute atomic E-state index is 0.267. The zero-order valence-corrected chi connectivity index (χ0v) is 8.97. The predicted octanol–water partition coefficient (Wildman–Crippen LogP) is 1.68. The van der Waals surface area contributed by atoms with Crippen molar-refractivity contribution in [3.8, 4) is 0 Å². The van der Waals surface area contributed by atoms with E-state index >= 15 is 0 Å². The highest BCUT2D eigenvalue weighted by Crippen LogP contribution is 2.15. The first-order valence-electron chi connectivity index (χ1n) is 4.54. The van der Waals surface area contributed by atoms with Crippen molar-refractivity contribution in [3.05, 3.63) is 29.3 Å². The molecule has 0 aliphatic rings. The van der Waals surface area contributed by atoms with Crippen molar-refractivity contribution in [2.24, 2.45) is 0 Å². The molecule has 2 N–H and O–H groups in total. The number of nitrogens with one attached hydrogen (secondary N) is 2. The Labute approximate surface area is 90.6 Å². The molecule has 0 bridgehead atoms. The van der Waals surface area contributed by atoms with Crippen LogP contribution in [-0.2, 0) is 6.42 Å². The number of thiazole rings is 1. The van der Waals surface area contributed by atoms with E-state index < -0.39 is 0 Å². The van der Waals surface area contributed by atoms with E-state index in [1.54, 1.807) is 6.20 Å². The van der Waals surface area contributed by atoms with Crippen molar-refractivity contribution in [1.29, 1.82) is 0 Å². The fourth-order valence-corrected chi connectivity index (χ4v) is 1.86. The third-order valence-corrected chi connectivity index (χ3v) is 2.65. The second kappa shape index (κ2) is 4.22. The average molecular weight is 222 g/mol. The summed E-state index contributed by atoms with van der Waals surface area (Å²) in [7, 11) is 0. The molecule has 5 nitrogen and oxygen atoms in total. The number of carbonyl (C=O) groups excluding carboxylic acids is 1. The van der Waals surface area contributed by atoms with Crippen molar-refractivity contribution in [1.82, 2.24) is 15.0 Å². The molecule has 2 heterocycles. The monoisotopic (exact) mass is 222 g/mol. The van der Waals surface area contributed by atoms with E-state index in [0.717, 1.165) is 12.1 Å². The highest BCUT2D eigenvalue weighted by molar-refractivity contribution is 7.13. The summed E-state index contributed by atoms with van der Waals surface area (Å²) in [6, 6.07) is 0. The van der Waals surface area contributed by atoms with Crippen molar-refractivity contribution in [2.45, 2.75) is 13.3 Å². The zero-order valence-electron chi connectivity index (χ0n) is 8.15. The highest BCUT2D eigenvalue weighted by atomic mass is 32.1. The summed E-state index contributed by atoms with van der Waals surface area (Å²) >= 11 is 1.42. The first-order valence-corrected chi connectivity index (χ1v) is 5.42. The van der Waals surface area contributed by atoms with E-state index in [9.17, 15) is 4.79 Å². The molecule has 0 spiro atoms. The molecule has 1 amide bonds. The lowest BCUT2D eigenvalue weighted by Crippen LogP contribution is -2.13. The molecule has 15 heavy (non-hydrogen) atoms. The normalized spacial score (nSPS) is 10.2. The zero-order chi connectivity index (χ0) is 10.7. The minimum atomic E-state index is -0.267. The molecular weight excluding hydrogens is 212 g/mol. The summed E-state index contributed by atoms with van der Waals surface area (Å²) < 4.78 is 0. The smallest absolute Gasteiger partial charge is 0.293 e. The maximum absolute atomic E-state index is 11.5. The summed E-state index contributed by atoms with van der Waals surface area (Å²) in [5.41, 5.74) is 0.981. The lowest BCUT2D eigenvalue weighted by molar-refractivity contribution is 0.101. The van der Waals surface area contributed by atoms with E-state index in [0.29, 0.717) is 11.0 Å². The molecule has 0 aliphatic carbocycles. The quantitative estimate of drug-likeness (QED) is 0.830. The van der Waals surface area contributed by atoms with Gasteiger partial charge in [-0.25, -0.2) is 9.97 Å². The fourth-order valence-electron chi connectivity index (χ4n) is 1.07. The largest absolute Gasteiger partial charge is 0.341 e. The number of carbonyl (C=O) groups is 1. The minimum Gasteiger partial charge on any atom is -0.341 e. The lowest BCUT2D eigenvalue weighted by atomic mass is 10.4. The molecule has 78 valence electrons. The van der Waals surface area contributed by atoms with Crippen LogP contribution in [0.25, 0.3) is 0 Å². The summed E-state index contributed by atoms with van der Waals surface area (Å²) in [6.07, 6.45) is 4.01. The lowest BCUT2D eigenvalue weighted by Gasteiger charge is -1.96. The van der Waals surface area contributed by atoms with Gasteiger partial charge in [-0.05, 0) is 6.42 Å². The van der Waals surface area contributed by atoms with Crippen LogP contribution in [0, 0.1) is 0 Å². The number of aromatic amines is 1. The molecule has 0 aromatic carbocycles. The molecule has 0 saturated heterocycles. The summed E-state index contributed by atoms with van der Waals surface area (Å²) in [5.74, 6) is 0.0280. The Hall–Kier alpha value is -1.69. The Morgan fingerprint density at radius 2 is 2.53 bits per heavy atom. The Morgan fingerprint density at radius 1 is 1.67 bits per heavy atom. The maximum Gasteiger partial charge on any atom is 0.293 e. The average Bonchev–Trinajstić information content (AvgIpc) is 2.87. The van der Waals surface area contributed by atoms with Gasteiger partial charge in [0.05, 0.1) is 5.69 Å². The number of H-pyrrole nitrogens is 1. The van der Waals surface area contributed by atoms with Gasteiger partial charge in [0.1, 0.15) is 0 Å². The number of hydrogen-bond acceptors (Lipinski definition) is 4. The fraction of sp³-hybridized carbons (Fsp3) is 0.222. The van der Waals surface area contributed by atoms with Gasteiger partial charge in [0.2, 0.25) is 0 Å². The SMILES string of the molecule is CCc1csc(NC(=O)c2ncc[nH]2)n1. The number of amides is 1. The molecule has 0 radical (unpaired) electrons. The molecule has 2 rings (SSSR count). The molecule has 0 aliphatic heterocycles. The van der Waals surface area contributed by atoms with Crippen LogP contribution in [-0.4, -0.2) is 20.9 Å². The molecule has 0 atom stereocenters. The van der Waals surface area contributed by atoms with Gasteiger partial charge >= 0.3 is 0 Å². The van der Waals surface area contributed by atoms with Crippen molar-refractivity contribution >= 4 is 22.4 Å². The number of hydrogen-bond donors (Lipinski definition) is 2. The van der Waals surface area contributed by atoms with Gasteiger partial charge in [-0.2, -0.15) is 0 Å². The Bertz CT molecular complexity index is 448. The maximum atomic E-state index is 11.5. The second-order valence-corrected chi connectivity index (χ2v) is 3.75. The molecule has 0 saturated carbocycles. The van der Waals surface area contributed by atoms with Crippen LogP contribution < -0.4 is 5.32 Å². The Balaban J connectivity index is 2.06. The predicted molar refractivity (Wildman–Crippen MR) is 58.0 cm³/mol. The molecule has 6 heteroatoms. The number of aromatic nitrogens is 3. The van der Waals surface area contributed by atoms with Crippen LogP contribution in [0.5, 0.6) is 0 Å². The van der Waals surface area contributed by atoms with Crippen molar-refractivity contribution in [3.63, 3.8) is 0 Å². The number of rotatable bonds is 3. The molecule has 2 aromatic heterocycles. The van der Waals surface area contributed by atoms with Gasteiger partial charge in [0, 0.05) is 17.8 Å². The van der Waals surface area contributed by atoms with Gasteiger partial charge in [-0.3, -0.25) is 10.1 Å². The topological polar surface area (TPSA) is 70.7 Å². The summed E-state index contributed by atoms with van der Waals surface area (Å²) in [6.45, 7) is 2.02. The molecular formula is C9H10N4OS. The van der Waals surface area contributed by atoms with E-state index in [-0.39, 0.29) is 5.91 Å². The van der Waals surface area contributed by atoms with Crippen LogP contribution >= 0.6 is 11.3 Å². The van der Waals surface area contributed by atoms with E-state index in [2.05, 4.69) is 20.3 Å². The van der Waals surface area contributed by atoms with E-state index in [4.69, 9.17) is 0 Å². The van der Waals surface area contributed by atoms with Gasteiger partial charge in [-0.15, -0.1) is 11.3 Å². The third-order valence-electron chi connectivity index (χ3n) is 1.85. The Kier molecular flexibility index (Phi) is 2.77. The summed E-state index contributed by atoms with van der Waals surface area (Å²) in [5, 5.41) is 5.21. The van der Waals surface area contributed by atoms with Crippen LogP contribution in [0.1, 0.15) is 23.2 Å². The number of nitrogens with zero attached hydrogens (tertiary/aromatic N) is 2. The van der Waals surface area contributed by atoms with Crippen molar-refractivity contribution in [2.75, 3.05) is 5.32 Å². The van der Waals surface area contributed by atoms with Crippen LogP contribution in [0.3, 0.4) is 0 Å². The van der Waals surface area contributed by atoms with E-state index in [1.807, 2.05) is 12.3 Å². The molecule has 0 unspecified atom stereocenters. The number of anilines is 1.